The molecule has 0 fully saturated rings. The summed E-state index contributed by atoms with van der Waals surface area (Å²) in [6.07, 6.45) is 0. The summed E-state index contributed by atoms with van der Waals surface area (Å²) in [7, 11) is 0.707. The average Bonchev–Trinajstić information content (AvgIpc) is 2.77. The molecule has 0 aromatic heterocycles. The molecule has 0 unspecified atom stereocenters. The average molecular weight is 420 g/mol. The summed E-state index contributed by atoms with van der Waals surface area (Å²) < 4.78 is 44.3. The summed E-state index contributed by atoms with van der Waals surface area (Å²) in [5.74, 6) is 1.09. The standard InChI is InChI=1S/C20H24N2O6S/c1-20(2)12-28-17-10-13(6-8-15(17)22(3)19(20)23)21-29(24,25)14-7-9-16(26-4)18(11-14)27-5/h6-11,21H,12H2,1-5H3. The maximum absolute atomic E-state index is 12.8. The third kappa shape index (κ3) is 3.95. The lowest BCUT2D eigenvalue weighted by molar-refractivity contribution is -0.127. The van der Waals surface area contributed by atoms with Crippen LogP contribution in [0.5, 0.6) is 17.2 Å². The summed E-state index contributed by atoms with van der Waals surface area (Å²) in [4.78, 5) is 14.1. The molecule has 0 radical (unpaired) electrons. The number of fused-ring (bicyclic) bond motifs is 1. The van der Waals surface area contributed by atoms with Crippen LogP contribution in [0.2, 0.25) is 0 Å². The fourth-order valence-corrected chi connectivity index (χ4v) is 4.12. The van der Waals surface area contributed by atoms with Crippen LogP contribution in [0, 0.1) is 5.41 Å². The predicted octanol–water partition coefficient (Wildman–Crippen LogP) is 2.89. The lowest BCUT2D eigenvalue weighted by atomic mass is 9.93. The third-order valence-corrected chi connectivity index (χ3v) is 6.09. The molecule has 0 spiro atoms. The topological polar surface area (TPSA) is 94.2 Å². The molecular formula is C20H24N2O6S. The van der Waals surface area contributed by atoms with Crippen LogP contribution in [0.3, 0.4) is 0 Å². The van der Waals surface area contributed by atoms with Crippen LogP contribution in [0.4, 0.5) is 11.4 Å². The molecule has 0 aliphatic carbocycles. The number of methoxy groups -OCH3 is 2. The number of ether oxygens (including phenoxy) is 3. The molecule has 2 aromatic carbocycles. The fourth-order valence-electron chi connectivity index (χ4n) is 3.05. The fraction of sp³-hybridized carbons (Fsp3) is 0.350. The molecule has 1 aliphatic heterocycles. The number of benzene rings is 2. The molecule has 2 aromatic rings. The normalized spacial score (nSPS) is 15.8. The number of hydrogen-bond acceptors (Lipinski definition) is 6. The Hall–Kier alpha value is -2.94. The van der Waals surface area contributed by atoms with Crippen LogP contribution in [0.15, 0.2) is 41.3 Å². The van der Waals surface area contributed by atoms with Gasteiger partial charge < -0.3 is 19.1 Å². The Labute approximate surface area is 170 Å². The van der Waals surface area contributed by atoms with Crippen molar-refractivity contribution in [2.24, 2.45) is 5.41 Å². The van der Waals surface area contributed by atoms with Crippen molar-refractivity contribution in [2.75, 3.05) is 37.5 Å². The van der Waals surface area contributed by atoms with Crippen molar-refractivity contribution in [3.05, 3.63) is 36.4 Å². The first-order chi connectivity index (χ1) is 13.6. The number of amides is 1. The van der Waals surface area contributed by atoms with Gasteiger partial charge in [0.05, 0.1) is 35.9 Å². The number of rotatable bonds is 5. The first-order valence-electron chi connectivity index (χ1n) is 8.89. The van der Waals surface area contributed by atoms with Crippen molar-refractivity contribution in [1.29, 1.82) is 0 Å². The molecule has 3 rings (SSSR count). The zero-order chi connectivity index (χ0) is 21.4. The lowest BCUT2D eigenvalue weighted by Crippen LogP contribution is -2.39. The summed E-state index contributed by atoms with van der Waals surface area (Å²) >= 11 is 0. The highest BCUT2D eigenvalue weighted by Gasteiger charge is 2.36. The number of hydrogen-bond donors (Lipinski definition) is 1. The molecule has 9 heteroatoms. The van der Waals surface area contributed by atoms with Crippen molar-refractivity contribution in [2.45, 2.75) is 18.7 Å². The second-order valence-corrected chi connectivity index (χ2v) is 9.02. The van der Waals surface area contributed by atoms with Crippen LogP contribution in [-0.4, -0.2) is 42.2 Å². The molecule has 0 atom stereocenters. The Balaban J connectivity index is 1.92. The van der Waals surface area contributed by atoms with Crippen LogP contribution in [0.1, 0.15) is 13.8 Å². The largest absolute Gasteiger partial charge is 0.493 e. The minimum atomic E-state index is -3.88. The van der Waals surface area contributed by atoms with Gasteiger partial charge in [0.2, 0.25) is 5.91 Å². The van der Waals surface area contributed by atoms with Gasteiger partial charge in [-0.2, -0.15) is 0 Å². The smallest absolute Gasteiger partial charge is 0.262 e. The van der Waals surface area contributed by atoms with E-state index in [9.17, 15) is 13.2 Å². The molecule has 156 valence electrons. The van der Waals surface area contributed by atoms with Gasteiger partial charge in [-0.05, 0) is 38.1 Å². The maximum atomic E-state index is 12.8. The second kappa shape index (κ2) is 7.47. The zero-order valence-corrected chi connectivity index (χ0v) is 17.8. The van der Waals surface area contributed by atoms with Gasteiger partial charge in [-0.25, -0.2) is 8.42 Å². The van der Waals surface area contributed by atoms with Crippen LogP contribution in [0.25, 0.3) is 0 Å². The molecule has 29 heavy (non-hydrogen) atoms. The van der Waals surface area contributed by atoms with Crippen LogP contribution < -0.4 is 23.8 Å². The summed E-state index contributed by atoms with van der Waals surface area (Å²) in [5.41, 5.74) is 0.210. The molecule has 0 saturated carbocycles. The first-order valence-corrected chi connectivity index (χ1v) is 10.4. The lowest BCUT2D eigenvalue weighted by Gasteiger charge is -2.24. The van der Waals surface area contributed by atoms with Crippen molar-refractivity contribution in [3.63, 3.8) is 0 Å². The monoisotopic (exact) mass is 420 g/mol. The van der Waals surface area contributed by atoms with E-state index in [1.807, 2.05) is 0 Å². The van der Waals surface area contributed by atoms with Crippen LogP contribution in [-0.2, 0) is 14.8 Å². The van der Waals surface area contributed by atoms with Crippen molar-refractivity contribution < 1.29 is 27.4 Å². The Morgan fingerprint density at radius 1 is 1.07 bits per heavy atom. The molecule has 1 amide bonds. The number of nitrogens with zero attached hydrogens (tertiary/aromatic N) is 1. The van der Waals surface area contributed by atoms with E-state index in [-0.39, 0.29) is 17.4 Å². The Morgan fingerprint density at radius 3 is 2.41 bits per heavy atom. The van der Waals surface area contributed by atoms with E-state index in [0.29, 0.717) is 28.6 Å². The summed E-state index contributed by atoms with van der Waals surface area (Å²) in [5, 5.41) is 0. The van der Waals surface area contributed by atoms with Gasteiger partial charge in [-0.15, -0.1) is 0 Å². The van der Waals surface area contributed by atoms with E-state index in [4.69, 9.17) is 14.2 Å². The van der Waals surface area contributed by atoms with Gasteiger partial charge in [0.1, 0.15) is 12.4 Å². The minimum absolute atomic E-state index is 0.0273. The quantitative estimate of drug-likeness (QED) is 0.799. The van der Waals surface area contributed by atoms with Gasteiger partial charge in [-0.3, -0.25) is 9.52 Å². The highest BCUT2D eigenvalue weighted by molar-refractivity contribution is 7.92. The van der Waals surface area contributed by atoms with E-state index in [1.165, 1.54) is 37.3 Å². The van der Waals surface area contributed by atoms with Crippen molar-refractivity contribution in [1.82, 2.24) is 0 Å². The van der Waals surface area contributed by atoms with Crippen molar-refractivity contribution >= 4 is 27.3 Å². The SMILES string of the molecule is COc1ccc(S(=O)(=O)Nc2ccc3c(c2)OCC(C)(C)C(=O)N3C)cc1OC. The third-order valence-electron chi connectivity index (χ3n) is 4.71. The van der Waals surface area contributed by atoms with E-state index in [2.05, 4.69) is 4.72 Å². The number of anilines is 2. The van der Waals surface area contributed by atoms with Gasteiger partial charge in [-0.1, -0.05) is 0 Å². The zero-order valence-electron chi connectivity index (χ0n) is 17.0. The number of nitrogens with one attached hydrogen (secondary N) is 1. The minimum Gasteiger partial charge on any atom is -0.493 e. The molecule has 1 heterocycles. The first kappa shape index (κ1) is 20.8. The number of carbonyl (C=O) groups excluding carboxylic acids is 1. The number of carbonyl (C=O) groups is 1. The molecule has 0 bridgehead atoms. The Bertz CT molecular complexity index is 1050. The maximum Gasteiger partial charge on any atom is 0.262 e. The Kier molecular flexibility index (Phi) is 5.36. The Morgan fingerprint density at radius 2 is 1.76 bits per heavy atom. The molecular weight excluding hydrogens is 396 g/mol. The van der Waals surface area contributed by atoms with E-state index in [0.717, 1.165) is 0 Å². The van der Waals surface area contributed by atoms with Crippen LogP contribution >= 0.6 is 0 Å². The van der Waals surface area contributed by atoms with E-state index in [1.54, 1.807) is 39.1 Å². The van der Waals surface area contributed by atoms with Gasteiger partial charge in [0.15, 0.2) is 11.5 Å². The molecule has 0 saturated heterocycles. The highest BCUT2D eigenvalue weighted by atomic mass is 32.2. The predicted molar refractivity (Wildman–Crippen MR) is 109 cm³/mol. The van der Waals surface area contributed by atoms with Crippen molar-refractivity contribution in [3.8, 4) is 17.2 Å². The summed E-state index contributed by atoms with van der Waals surface area (Å²) in [6.45, 7) is 3.80. The van der Waals surface area contributed by atoms with E-state index >= 15 is 0 Å². The summed E-state index contributed by atoms with van der Waals surface area (Å²) in [6, 6.07) is 9.15. The molecule has 1 N–H and O–H groups in total. The molecule has 1 aliphatic rings. The molecule has 8 nitrogen and oxygen atoms in total. The van der Waals surface area contributed by atoms with Gasteiger partial charge in [0.25, 0.3) is 10.0 Å². The van der Waals surface area contributed by atoms with Gasteiger partial charge >= 0.3 is 0 Å². The highest BCUT2D eigenvalue weighted by Crippen LogP contribution is 2.38. The van der Waals surface area contributed by atoms with E-state index < -0.39 is 15.4 Å². The number of sulfonamides is 1. The second-order valence-electron chi connectivity index (χ2n) is 7.34. The van der Waals surface area contributed by atoms with Gasteiger partial charge in [0, 0.05) is 19.2 Å².